The molecule has 0 N–H and O–H groups in total. The Labute approximate surface area is 120 Å². The molecule has 0 atom stereocenters. The third-order valence-corrected chi connectivity index (χ3v) is 3.11. The second-order valence-corrected chi connectivity index (χ2v) is 4.41. The first-order chi connectivity index (χ1) is 10.2. The van der Waals surface area contributed by atoms with Gasteiger partial charge >= 0.3 is 5.76 Å². The van der Waals surface area contributed by atoms with Crippen molar-refractivity contribution in [1.82, 2.24) is 4.57 Å². The fraction of sp³-hybridized carbons (Fsp3) is 0.125. The maximum atomic E-state index is 12.7. The predicted molar refractivity (Wildman–Crippen MR) is 77.8 cm³/mol. The highest BCUT2D eigenvalue weighted by Gasteiger charge is 2.20. The van der Waals surface area contributed by atoms with Crippen LogP contribution < -0.4 is 10.5 Å². The summed E-state index contributed by atoms with van der Waals surface area (Å²) >= 11 is 0. The van der Waals surface area contributed by atoms with Gasteiger partial charge in [0.1, 0.15) is 5.75 Å². The van der Waals surface area contributed by atoms with Crippen LogP contribution in [0.25, 0.3) is 11.1 Å². The van der Waals surface area contributed by atoms with Crippen molar-refractivity contribution >= 4 is 17.0 Å². The van der Waals surface area contributed by atoms with Crippen LogP contribution in [0.4, 0.5) is 0 Å². The van der Waals surface area contributed by atoms with Crippen LogP contribution in [0.5, 0.6) is 5.75 Å². The Bertz CT molecular complexity index is 860. The van der Waals surface area contributed by atoms with Crippen LogP contribution in [0.3, 0.4) is 0 Å². The van der Waals surface area contributed by atoms with E-state index in [1.54, 1.807) is 48.5 Å². The summed E-state index contributed by atoms with van der Waals surface area (Å²) in [5.41, 5.74) is 1.15. The molecular formula is C16H13NO4. The minimum atomic E-state index is -0.701. The van der Waals surface area contributed by atoms with Gasteiger partial charge in [-0.25, -0.2) is 9.36 Å². The third kappa shape index (κ3) is 2.23. The normalized spacial score (nSPS) is 10.7. The highest BCUT2D eigenvalue weighted by atomic mass is 16.5. The first-order valence-corrected chi connectivity index (χ1v) is 6.59. The molecule has 1 heterocycles. The molecule has 0 saturated heterocycles. The van der Waals surface area contributed by atoms with Crippen molar-refractivity contribution in [1.29, 1.82) is 0 Å². The molecule has 0 radical (unpaired) electrons. The number of fused-ring (bicyclic) bond motifs is 1. The minimum Gasteiger partial charge on any atom is -0.493 e. The van der Waals surface area contributed by atoms with Gasteiger partial charge in [0.05, 0.1) is 17.7 Å². The molecule has 0 fully saturated rings. The number of hydrogen-bond donors (Lipinski definition) is 0. The summed E-state index contributed by atoms with van der Waals surface area (Å²) in [5, 5.41) is 0. The molecule has 0 unspecified atom stereocenters. The lowest BCUT2D eigenvalue weighted by atomic mass is 10.2. The molecule has 21 heavy (non-hydrogen) atoms. The summed E-state index contributed by atoms with van der Waals surface area (Å²) in [4.78, 5) is 24.6. The fourth-order valence-electron chi connectivity index (χ4n) is 2.20. The van der Waals surface area contributed by atoms with Crippen molar-refractivity contribution < 1.29 is 13.9 Å². The SMILES string of the molecule is CCOc1ccccc1C(=O)n1c(=O)oc2ccccc21. The lowest BCUT2D eigenvalue weighted by Crippen LogP contribution is -2.23. The smallest absolute Gasteiger partial charge is 0.427 e. The van der Waals surface area contributed by atoms with E-state index in [0.717, 1.165) is 4.57 Å². The van der Waals surface area contributed by atoms with Gasteiger partial charge in [0.15, 0.2) is 5.58 Å². The van der Waals surface area contributed by atoms with Crippen LogP contribution >= 0.6 is 0 Å². The first kappa shape index (κ1) is 13.2. The summed E-state index contributed by atoms with van der Waals surface area (Å²) in [6.07, 6.45) is 0. The number of ether oxygens (including phenoxy) is 1. The topological polar surface area (TPSA) is 61.4 Å². The van der Waals surface area contributed by atoms with Crippen LogP contribution in [-0.2, 0) is 0 Å². The highest BCUT2D eigenvalue weighted by molar-refractivity contribution is 6.02. The van der Waals surface area contributed by atoms with Crippen molar-refractivity contribution in [2.75, 3.05) is 6.61 Å². The van der Waals surface area contributed by atoms with Gasteiger partial charge in [-0.3, -0.25) is 4.79 Å². The summed E-state index contributed by atoms with van der Waals surface area (Å²) in [6.45, 7) is 2.27. The van der Waals surface area contributed by atoms with E-state index in [2.05, 4.69) is 0 Å². The minimum absolute atomic E-state index is 0.327. The number of carbonyl (C=O) groups excluding carboxylic acids is 1. The molecule has 106 valence electrons. The van der Waals surface area contributed by atoms with Crippen molar-refractivity contribution in [3.8, 4) is 5.75 Å². The molecule has 0 amide bonds. The summed E-state index contributed by atoms with van der Waals surface area (Å²) in [7, 11) is 0. The highest BCUT2D eigenvalue weighted by Crippen LogP contribution is 2.21. The Morgan fingerprint density at radius 2 is 1.86 bits per heavy atom. The number of carbonyl (C=O) groups is 1. The number of oxazole rings is 1. The third-order valence-electron chi connectivity index (χ3n) is 3.11. The van der Waals surface area contributed by atoms with Gasteiger partial charge in [-0.15, -0.1) is 0 Å². The van der Waals surface area contributed by atoms with Crippen molar-refractivity contribution in [2.24, 2.45) is 0 Å². The van der Waals surface area contributed by atoms with Crippen molar-refractivity contribution in [2.45, 2.75) is 6.92 Å². The van der Waals surface area contributed by atoms with Crippen LogP contribution in [0.1, 0.15) is 17.3 Å². The molecule has 5 heteroatoms. The van der Waals surface area contributed by atoms with Crippen LogP contribution in [0.15, 0.2) is 57.7 Å². The Balaban J connectivity index is 2.18. The molecule has 0 aliphatic carbocycles. The second-order valence-electron chi connectivity index (χ2n) is 4.41. The number of hydrogen-bond acceptors (Lipinski definition) is 4. The monoisotopic (exact) mass is 283 g/mol. The maximum Gasteiger partial charge on any atom is 0.427 e. The fourth-order valence-corrected chi connectivity index (χ4v) is 2.20. The van der Waals surface area contributed by atoms with Crippen molar-refractivity contribution in [3.63, 3.8) is 0 Å². The largest absolute Gasteiger partial charge is 0.493 e. The van der Waals surface area contributed by atoms with Crippen LogP contribution in [0.2, 0.25) is 0 Å². The zero-order valence-electron chi connectivity index (χ0n) is 11.4. The number of nitrogens with zero attached hydrogens (tertiary/aromatic N) is 1. The summed E-state index contributed by atoms with van der Waals surface area (Å²) < 4.78 is 11.5. The molecule has 3 rings (SSSR count). The van der Waals surface area contributed by atoms with Gasteiger partial charge in [-0.2, -0.15) is 0 Å². The van der Waals surface area contributed by atoms with Crippen LogP contribution in [-0.4, -0.2) is 17.1 Å². The van der Waals surface area contributed by atoms with E-state index in [-0.39, 0.29) is 0 Å². The number of rotatable bonds is 3. The van der Waals surface area contributed by atoms with Gasteiger partial charge in [-0.05, 0) is 31.2 Å². The van der Waals surface area contributed by atoms with Gasteiger partial charge in [0.2, 0.25) is 0 Å². The molecule has 0 saturated carbocycles. The Morgan fingerprint density at radius 1 is 1.14 bits per heavy atom. The molecule has 0 spiro atoms. The van der Waals surface area contributed by atoms with E-state index in [9.17, 15) is 9.59 Å². The molecule has 2 aromatic carbocycles. The van der Waals surface area contributed by atoms with Gasteiger partial charge in [0, 0.05) is 0 Å². The number of aromatic nitrogens is 1. The summed E-state index contributed by atoms with van der Waals surface area (Å²) in [6, 6.07) is 13.6. The molecule has 3 aromatic rings. The quantitative estimate of drug-likeness (QED) is 0.741. The molecule has 0 aliphatic heterocycles. The lowest BCUT2D eigenvalue weighted by molar-refractivity contribution is 0.0953. The molecule has 0 bridgehead atoms. The van der Waals surface area contributed by atoms with Crippen LogP contribution in [0, 0.1) is 0 Å². The average Bonchev–Trinajstić information content (AvgIpc) is 2.83. The van der Waals surface area contributed by atoms with Gasteiger partial charge in [-0.1, -0.05) is 24.3 Å². The van der Waals surface area contributed by atoms with Crippen molar-refractivity contribution in [3.05, 3.63) is 64.6 Å². The average molecular weight is 283 g/mol. The predicted octanol–water partition coefficient (Wildman–Crippen LogP) is 2.68. The number of para-hydroxylation sites is 3. The van der Waals surface area contributed by atoms with E-state index in [1.165, 1.54) is 0 Å². The van der Waals surface area contributed by atoms with E-state index in [1.807, 2.05) is 6.92 Å². The van der Waals surface area contributed by atoms with E-state index < -0.39 is 11.7 Å². The van der Waals surface area contributed by atoms with Gasteiger partial charge in [0.25, 0.3) is 5.91 Å². The summed E-state index contributed by atoms with van der Waals surface area (Å²) in [5.74, 6) is -0.719. The lowest BCUT2D eigenvalue weighted by Gasteiger charge is -2.08. The second kappa shape index (κ2) is 5.28. The molecule has 0 aliphatic rings. The Morgan fingerprint density at radius 3 is 2.67 bits per heavy atom. The maximum absolute atomic E-state index is 12.7. The molecule has 1 aromatic heterocycles. The first-order valence-electron chi connectivity index (χ1n) is 6.59. The Hall–Kier alpha value is -2.82. The number of benzene rings is 2. The zero-order chi connectivity index (χ0) is 14.8. The van der Waals surface area contributed by atoms with E-state index in [4.69, 9.17) is 9.15 Å². The van der Waals surface area contributed by atoms with E-state index in [0.29, 0.717) is 29.0 Å². The Kier molecular flexibility index (Phi) is 3.31. The standard InChI is InChI=1S/C16H13NO4/c1-2-20-13-9-5-3-7-11(13)15(18)17-12-8-4-6-10-14(12)21-16(17)19/h3-10H,2H2,1H3. The van der Waals surface area contributed by atoms with E-state index >= 15 is 0 Å². The zero-order valence-corrected chi connectivity index (χ0v) is 11.4. The van der Waals surface area contributed by atoms with Gasteiger partial charge < -0.3 is 9.15 Å². The molecule has 5 nitrogen and oxygen atoms in total. The molecular weight excluding hydrogens is 270 g/mol.